The number of nitrogen functional groups attached to an aromatic ring is 1. The van der Waals surface area contributed by atoms with Gasteiger partial charge in [0.25, 0.3) is 0 Å². The largest absolute Gasteiger partial charge is 0.368 e. The molecule has 0 aliphatic carbocycles. The molecule has 0 radical (unpaired) electrons. The van der Waals surface area contributed by atoms with Crippen molar-refractivity contribution in [2.24, 2.45) is 0 Å². The highest BCUT2D eigenvalue weighted by molar-refractivity contribution is 9.11. The molecule has 0 aliphatic heterocycles. The summed E-state index contributed by atoms with van der Waals surface area (Å²) in [5.74, 6) is 1.07. The Labute approximate surface area is 127 Å². The van der Waals surface area contributed by atoms with Crippen molar-refractivity contribution in [2.45, 2.75) is 0 Å². The van der Waals surface area contributed by atoms with Crippen molar-refractivity contribution >= 4 is 55.4 Å². The molecule has 0 unspecified atom stereocenters. The van der Waals surface area contributed by atoms with Crippen molar-refractivity contribution in [3.05, 3.63) is 27.1 Å². The van der Waals surface area contributed by atoms with Gasteiger partial charge in [0.2, 0.25) is 17.8 Å². The average molecular weight is 388 g/mol. The third-order valence-corrected chi connectivity index (χ3v) is 3.40. The summed E-state index contributed by atoms with van der Waals surface area (Å²) < 4.78 is 1.86. The van der Waals surface area contributed by atoms with E-state index in [4.69, 9.17) is 5.73 Å². The maximum atomic E-state index is 5.67. The molecule has 0 atom stereocenters. The highest BCUT2D eigenvalue weighted by Crippen LogP contribution is 2.28. The van der Waals surface area contributed by atoms with Gasteiger partial charge < -0.3 is 16.0 Å². The number of nitrogens with one attached hydrogen (secondary N) is 1. The van der Waals surface area contributed by atoms with Crippen molar-refractivity contribution < 1.29 is 0 Å². The van der Waals surface area contributed by atoms with Crippen molar-refractivity contribution in [3.8, 4) is 0 Å². The Kier molecular flexibility index (Phi) is 4.20. The molecular formula is C11H12Br2N6. The van der Waals surface area contributed by atoms with Crippen LogP contribution in [0.2, 0.25) is 0 Å². The van der Waals surface area contributed by atoms with Crippen LogP contribution in [-0.2, 0) is 0 Å². The fourth-order valence-electron chi connectivity index (χ4n) is 1.35. The Hall–Kier alpha value is -1.41. The Morgan fingerprint density at radius 1 is 1.16 bits per heavy atom. The second kappa shape index (κ2) is 5.70. The Morgan fingerprint density at radius 3 is 2.58 bits per heavy atom. The molecule has 100 valence electrons. The van der Waals surface area contributed by atoms with Gasteiger partial charge >= 0.3 is 0 Å². The molecule has 0 bridgehead atoms. The van der Waals surface area contributed by atoms with E-state index in [0.29, 0.717) is 11.9 Å². The number of nitrogens with two attached hydrogens (primary N) is 1. The smallest absolute Gasteiger partial charge is 0.233 e. The minimum atomic E-state index is 0.173. The minimum absolute atomic E-state index is 0.173. The molecule has 1 aromatic carbocycles. The maximum Gasteiger partial charge on any atom is 0.233 e. The fraction of sp³-hybridized carbons (Fsp3) is 0.182. The molecule has 0 saturated heterocycles. The van der Waals surface area contributed by atoms with Crippen LogP contribution in [-0.4, -0.2) is 29.0 Å². The molecular weight excluding hydrogens is 376 g/mol. The van der Waals surface area contributed by atoms with Crippen molar-refractivity contribution in [1.82, 2.24) is 15.0 Å². The quantitative estimate of drug-likeness (QED) is 0.842. The second-order valence-corrected chi connectivity index (χ2v) is 5.73. The van der Waals surface area contributed by atoms with Crippen molar-refractivity contribution in [2.75, 3.05) is 30.0 Å². The summed E-state index contributed by atoms with van der Waals surface area (Å²) in [5.41, 5.74) is 6.51. The van der Waals surface area contributed by atoms with Gasteiger partial charge in [0, 0.05) is 23.0 Å². The zero-order valence-corrected chi connectivity index (χ0v) is 13.5. The summed E-state index contributed by atoms with van der Waals surface area (Å²) in [5, 5.41) is 3.10. The maximum absolute atomic E-state index is 5.67. The predicted octanol–water partition coefficient (Wildman–Crippen LogP) is 2.79. The Morgan fingerprint density at radius 2 is 1.89 bits per heavy atom. The van der Waals surface area contributed by atoms with Gasteiger partial charge in [-0.15, -0.1) is 0 Å². The lowest BCUT2D eigenvalue weighted by Crippen LogP contribution is -2.15. The lowest BCUT2D eigenvalue weighted by Gasteiger charge is -2.13. The average Bonchev–Trinajstić information content (AvgIpc) is 2.33. The fourth-order valence-corrected chi connectivity index (χ4v) is 2.06. The molecule has 2 aromatic rings. The number of benzene rings is 1. The summed E-state index contributed by atoms with van der Waals surface area (Å²) in [6.45, 7) is 0. The van der Waals surface area contributed by atoms with Gasteiger partial charge in [0.15, 0.2) is 0 Å². The van der Waals surface area contributed by atoms with E-state index in [1.807, 2.05) is 32.3 Å². The highest BCUT2D eigenvalue weighted by Gasteiger charge is 2.08. The molecule has 6 nitrogen and oxygen atoms in total. The summed E-state index contributed by atoms with van der Waals surface area (Å²) >= 11 is 6.87. The summed E-state index contributed by atoms with van der Waals surface area (Å²) in [7, 11) is 3.68. The van der Waals surface area contributed by atoms with Crippen LogP contribution in [0.15, 0.2) is 27.1 Å². The van der Waals surface area contributed by atoms with Crippen molar-refractivity contribution in [3.63, 3.8) is 0 Å². The van der Waals surface area contributed by atoms with Gasteiger partial charge in [0.05, 0.1) is 5.69 Å². The van der Waals surface area contributed by atoms with Crippen LogP contribution in [0.25, 0.3) is 0 Å². The van der Waals surface area contributed by atoms with Crippen LogP contribution in [0.5, 0.6) is 0 Å². The molecule has 8 heteroatoms. The standard InChI is InChI=1S/C11H12Br2N6/c1-19(2)11-17-9(14)16-10(18-11)15-8-5-6(12)3-4-7(8)13/h3-5H,1-2H3,(H3,14,15,16,17,18). The molecule has 1 heterocycles. The van der Waals surface area contributed by atoms with E-state index in [-0.39, 0.29) is 5.95 Å². The third kappa shape index (κ3) is 3.54. The Balaban J connectivity index is 2.35. The molecule has 0 fully saturated rings. The normalized spacial score (nSPS) is 10.3. The Bertz CT molecular complexity index is 602. The van der Waals surface area contributed by atoms with Gasteiger partial charge in [-0.05, 0) is 34.1 Å². The lowest BCUT2D eigenvalue weighted by atomic mass is 10.3. The minimum Gasteiger partial charge on any atom is -0.368 e. The number of hydrogen-bond donors (Lipinski definition) is 2. The molecule has 2 rings (SSSR count). The molecule has 1 aromatic heterocycles. The van der Waals surface area contributed by atoms with E-state index in [2.05, 4.69) is 52.1 Å². The van der Waals surface area contributed by atoms with Crippen molar-refractivity contribution in [1.29, 1.82) is 0 Å². The number of halogens is 2. The van der Waals surface area contributed by atoms with E-state index >= 15 is 0 Å². The SMILES string of the molecule is CN(C)c1nc(N)nc(Nc2cc(Br)ccc2Br)n1. The van der Waals surface area contributed by atoms with Gasteiger partial charge in [-0.25, -0.2) is 0 Å². The molecule has 19 heavy (non-hydrogen) atoms. The number of hydrogen-bond acceptors (Lipinski definition) is 6. The second-order valence-electron chi connectivity index (χ2n) is 3.96. The topological polar surface area (TPSA) is 80.0 Å². The summed E-state index contributed by atoms with van der Waals surface area (Å²) in [6, 6.07) is 5.77. The van der Waals surface area contributed by atoms with Crippen LogP contribution >= 0.6 is 31.9 Å². The number of rotatable bonds is 3. The van der Waals surface area contributed by atoms with E-state index in [0.717, 1.165) is 14.6 Å². The van der Waals surface area contributed by atoms with E-state index in [1.165, 1.54) is 0 Å². The van der Waals surface area contributed by atoms with Gasteiger partial charge in [0.1, 0.15) is 0 Å². The van der Waals surface area contributed by atoms with Crippen LogP contribution in [0.1, 0.15) is 0 Å². The number of nitrogens with zero attached hydrogens (tertiary/aromatic N) is 4. The van der Waals surface area contributed by atoms with Crippen LogP contribution in [0, 0.1) is 0 Å². The van der Waals surface area contributed by atoms with E-state index < -0.39 is 0 Å². The predicted molar refractivity (Wildman–Crippen MR) is 83.7 cm³/mol. The first-order valence-corrected chi connectivity index (χ1v) is 6.95. The number of aromatic nitrogens is 3. The molecule has 0 aliphatic rings. The highest BCUT2D eigenvalue weighted by atomic mass is 79.9. The van der Waals surface area contributed by atoms with Gasteiger partial charge in [-0.2, -0.15) is 15.0 Å². The first-order chi connectivity index (χ1) is 8.95. The summed E-state index contributed by atoms with van der Waals surface area (Å²) in [4.78, 5) is 14.1. The monoisotopic (exact) mass is 386 g/mol. The summed E-state index contributed by atoms with van der Waals surface area (Å²) in [6.07, 6.45) is 0. The zero-order valence-electron chi connectivity index (χ0n) is 10.4. The first-order valence-electron chi connectivity index (χ1n) is 5.36. The van der Waals surface area contributed by atoms with E-state index in [9.17, 15) is 0 Å². The zero-order chi connectivity index (χ0) is 14.0. The molecule has 0 amide bonds. The van der Waals surface area contributed by atoms with Crippen LogP contribution in [0.4, 0.5) is 23.5 Å². The van der Waals surface area contributed by atoms with Crippen LogP contribution in [0.3, 0.4) is 0 Å². The first kappa shape index (κ1) is 14.0. The van der Waals surface area contributed by atoms with E-state index in [1.54, 1.807) is 4.90 Å². The lowest BCUT2D eigenvalue weighted by molar-refractivity contribution is 0.969. The molecule has 0 saturated carbocycles. The van der Waals surface area contributed by atoms with Gasteiger partial charge in [-0.3, -0.25) is 0 Å². The molecule has 0 spiro atoms. The number of anilines is 4. The third-order valence-electron chi connectivity index (χ3n) is 2.22. The van der Waals surface area contributed by atoms with Crippen LogP contribution < -0.4 is 16.0 Å². The van der Waals surface area contributed by atoms with Gasteiger partial charge in [-0.1, -0.05) is 15.9 Å². The molecule has 3 N–H and O–H groups in total.